The number of rotatable bonds is 3. The summed E-state index contributed by atoms with van der Waals surface area (Å²) in [4.78, 5) is 19.3. The van der Waals surface area contributed by atoms with E-state index in [0.29, 0.717) is 5.69 Å². The molecule has 0 bridgehead atoms. The molecule has 0 atom stereocenters. The standard InChI is InChI=1S/C13H20N6O/c1-7(2)11(20)18-10-5-4-9(6-8(10)3)17-13(16)19-12(14)15/h4-7H,1-3H3,(H,18,20)(H6,14,15,16,17,19). The number of aryl methyl sites for hydroxylation is 1. The van der Waals surface area contributed by atoms with Crippen molar-refractivity contribution in [2.45, 2.75) is 20.8 Å². The molecule has 0 aliphatic heterocycles. The molecule has 0 spiro atoms. The highest BCUT2D eigenvalue weighted by Gasteiger charge is 2.08. The lowest BCUT2D eigenvalue weighted by Gasteiger charge is -2.10. The third-order valence-electron chi connectivity index (χ3n) is 2.48. The number of guanidine groups is 2. The normalized spacial score (nSPS) is 11.3. The minimum absolute atomic E-state index is 0.0247. The van der Waals surface area contributed by atoms with E-state index < -0.39 is 0 Å². The molecule has 20 heavy (non-hydrogen) atoms. The van der Waals surface area contributed by atoms with E-state index in [0.717, 1.165) is 11.3 Å². The lowest BCUT2D eigenvalue weighted by Crippen LogP contribution is -2.26. The van der Waals surface area contributed by atoms with Crippen molar-refractivity contribution in [3.8, 4) is 0 Å². The minimum atomic E-state index is -0.149. The second-order valence-corrected chi connectivity index (χ2v) is 4.65. The molecule has 0 radical (unpaired) electrons. The number of hydrogen-bond donors (Lipinski definition) is 4. The highest BCUT2D eigenvalue weighted by molar-refractivity contribution is 5.94. The van der Waals surface area contributed by atoms with Gasteiger partial charge in [0.1, 0.15) is 0 Å². The Morgan fingerprint density at radius 1 is 1.25 bits per heavy atom. The number of nitrogens with two attached hydrogens (primary N) is 3. The van der Waals surface area contributed by atoms with Crippen LogP contribution in [-0.2, 0) is 4.79 Å². The quantitative estimate of drug-likeness (QED) is 0.480. The molecule has 1 aromatic carbocycles. The average Bonchev–Trinajstić information content (AvgIpc) is 2.31. The third-order valence-corrected chi connectivity index (χ3v) is 2.48. The smallest absolute Gasteiger partial charge is 0.226 e. The van der Waals surface area contributed by atoms with Crippen molar-refractivity contribution in [2.75, 3.05) is 5.32 Å². The zero-order valence-electron chi connectivity index (χ0n) is 11.8. The van der Waals surface area contributed by atoms with Crippen molar-refractivity contribution in [3.05, 3.63) is 23.8 Å². The average molecular weight is 276 g/mol. The summed E-state index contributed by atoms with van der Waals surface area (Å²) in [5, 5.41) is 2.84. The molecule has 1 amide bonds. The molecule has 0 aliphatic rings. The molecule has 0 saturated heterocycles. The lowest BCUT2D eigenvalue weighted by molar-refractivity contribution is -0.118. The molecule has 0 aromatic heterocycles. The van der Waals surface area contributed by atoms with Crippen LogP contribution in [0.1, 0.15) is 19.4 Å². The zero-order chi connectivity index (χ0) is 15.3. The summed E-state index contributed by atoms with van der Waals surface area (Å²) in [6.45, 7) is 5.53. The summed E-state index contributed by atoms with van der Waals surface area (Å²) >= 11 is 0. The predicted octanol–water partition coefficient (Wildman–Crippen LogP) is 0.809. The maximum atomic E-state index is 11.6. The Morgan fingerprint density at radius 3 is 2.40 bits per heavy atom. The Bertz CT molecular complexity index is 558. The van der Waals surface area contributed by atoms with Gasteiger partial charge in [-0.1, -0.05) is 13.8 Å². The monoisotopic (exact) mass is 276 g/mol. The third kappa shape index (κ3) is 4.60. The molecule has 0 saturated carbocycles. The molecule has 1 aromatic rings. The van der Waals surface area contributed by atoms with Crippen LogP contribution >= 0.6 is 0 Å². The SMILES string of the molecule is Cc1cc(N=C(N)N=C(N)N)ccc1NC(=O)C(C)C. The number of aliphatic imine (C=N–C) groups is 2. The molecule has 1 rings (SSSR count). The van der Waals surface area contributed by atoms with Crippen LogP contribution in [0.5, 0.6) is 0 Å². The molecule has 0 fully saturated rings. The van der Waals surface area contributed by atoms with Gasteiger partial charge >= 0.3 is 0 Å². The van der Waals surface area contributed by atoms with E-state index in [-0.39, 0.29) is 23.7 Å². The van der Waals surface area contributed by atoms with Crippen molar-refractivity contribution >= 4 is 29.2 Å². The van der Waals surface area contributed by atoms with Crippen molar-refractivity contribution < 1.29 is 4.79 Å². The molecule has 7 nitrogen and oxygen atoms in total. The fourth-order valence-electron chi connectivity index (χ4n) is 1.42. The number of carbonyl (C=O) groups excluding carboxylic acids is 1. The maximum Gasteiger partial charge on any atom is 0.226 e. The summed E-state index contributed by atoms with van der Waals surface area (Å²) in [7, 11) is 0. The van der Waals surface area contributed by atoms with Crippen molar-refractivity contribution in [2.24, 2.45) is 33.1 Å². The summed E-state index contributed by atoms with van der Waals surface area (Å²) in [5.74, 6) is -0.291. The Balaban J connectivity index is 2.94. The van der Waals surface area contributed by atoms with Crippen LogP contribution in [0, 0.1) is 12.8 Å². The topological polar surface area (TPSA) is 132 Å². The van der Waals surface area contributed by atoms with Crippen LogP contribution in [0.15, 0.2) is 28.2 Å². The molecule has 0 aliphatic carbocycles. The van der Waals surface area contributed by atoms with Crippen molar-refractivity contribution in [1.82, 2.24) is 0 Å². The highest BCUT2D eigenvalue weighted by Crippen LogP contribution is 2.22. The van der Waals surface area contributed by atoms with Gasteiger partial charge in [-0.05, 0) is 30.7 Å². The number of nitrogens with zero attached hydrogens (tertiary/aromatic N) is 2. The van der Waals surface area contributed by atoms with Crippen LogP contribution in [0.25, 0.3) is 0 Å². The van der Waals surface area contributed by atoms with Crippen LogP contribution in [0.2, 0.25) is 0 Å². The first-order valence-corrected chi connectivity index (χ1v) is 6.15. The molecule has 7 N–H and O–H groups in total. The second kappa shape index (κ2) is 6.55. The maximum absolute atomic E-state index is 11.6. The first kappa shape index (κ1) is 15.5. The van der Waals surface area contributed by atoms with E-state index in [1.165, 1.54) is 0 Å². The summed E-state index contributed by atoms with van der Waals surface area (Å²) in [6, 6.07) is 5.26. The lowest BCUT2D eigenvalue weighted by atomic mass is 10.1. The van der Waals surface area contributed by atoms with E-state index in [1.54, 1.807) is 18.2 Å². The number of anilines is 1. The van der Waals surface area contributed by atoms with Crippen LogP contribution in [0.4, 0.5) is 11.4 Å². The molecular weight excluding hydrogens is 256 g/mol. The number of nitrogens with one attached hydrogen (secondary N) is 1. The van der Waals surface area contributed by atoms with Gasteiger partial charge in [0.25, 0.3) is 0 Å². The minimum Gasteiger partial charge on any atom is -0.370 e. The first-order valence-electron chi connectivity index (χ1n) is 6.15. The van der Waals surface area contributed by atoms with Crippen molar-refractivity contribution in [1.29, 1.82) is 0 Å². The van der Waals surface area contributed by atoms with E-state index >= 15 is 0 Å². The Morgan fingerprint density at radius 2 is 1.90 bits per heavy atom. The van der Waals surface area contributed by atoms with Gasteiger partial charge in [-0.25, -0.2) is 4.99 Å². The van der Waals surface area contributed by atoms with Gasteiger partial charge in [-0.15, -0.1) is 0 Å². The number of amides is 1. The van der Waals surface area contributed by atoms with Gasteiger partial charge in [0, 0.05) is 11.6 Å². The van der Waals surface area contributed by atoms with E-state index in [4.69, 9.17) is 17.2 Å². The fourth-order valence-corrected chi connectivity index (χ4v) is 1.42. The Labute approximate surface area is 118 Å². The zero-order valence-corrected chi connectivity index (χ0v) is 11.8. The van der Waals surface area contributed by atoms with Crippen LogP contribution < -0.4 is 22.5 Å². The number of carbonyl (C=O) groups is 1. The number of benzene rings is 1. The van der Waals surface area contributed by atoms with E-state index in [1.807, 2.05) is 20.8 Å². The Kier molecular flexibility index (Phi) is 5.08. The Hall–Kier alpha value is -2.57. The van der Waals surface area contributed by atoms with Crippen molar-refractivity contribution in [3.63, 3.8) is 0 Å². The second-order valence-electron chi connectivity index (χ2n) is 4.65. The highest BCUT2D eigenvalue weighted by atomic mass is 16.1. The van der Waals surface area contributed by atoms with Gasteiger partial charge in [-0.3, -0.25) is 4.79 Å². The van der Waals surface area contributed by atoms with E-state index in [2.05, 4.69) is 15.3 Å². The van der Waals surface area contributed by atoms with Gasteiger partial charge < -0.3 is 22.5 Å². The molecule has 0 heterocycles. The molecule has 108 valence electrons. The number of hydrogen-bond acceptors (Lipinski definition) is 2. The summed E-state index contributed by atoms with van der Waals surface area (Å²) in [5.41, 5.74) is 18.2. The van der Waals surface area contributed by atoms with Gasteiger partial charge in [0.05, 0.1) is 5.69 Å². The largest absolute Gasteiger partial charge is 0.370 e. The summed E-state index contributed by atoms with van der Waals surface area (Å²) in [6.07, 6.45) is 0. The van der Waals surface area contributed by atoms with Gasteiger partial charge in [0.2, 0.25) is 11.9 Å². The predicted molar refractivity (Wildman–Crippen MR) is 81.7 cm³/mol. The van der Waals surface area contributed by atoms with E-state index in [9.17, 15) is 4.79 Å². The van der Waals surface area contributed by atoms with Crippen LogP contribution in [0.3, 0.4) is 0 Å². The fraction of sp³-hybridized carbons (Fsp3) is 0.308. The first-order chi connectivity index (χ1) is 9.29. The van der Waals surface area contributed by atoms with Crippen LogP contribution in [-0.4, -0.2) is 17.8 Å². The van der Waals surface area contributed by atoms with Gasteiger partial charge in [0.15, 0.2) is 5.96 Å². The molecule has 7 heteroatoms. The summed E-state index contributed by atoms with van der Waals surface area (Å²) < 4.78 is 0. The van der Waals surface area contributed by atoms with Gasteiger partial charge in [-0.2, -0.15) is 4.99 Å². The molecule has 0 unspecified atom stereocenters. The molecular formula is C13H20N6O.